The Kier molecular flexibility index (Phi) is 5.49. The molecular weight excluding hydrogens is 365 g/mol. The van der Waals surface area contributed by atoms with Crippen molar-refractivity contribution in [1.29, 1.82) is 0 Å². The lowest BCUT2D eigenvalue weighted by molar-refractivity contribution is 0.102. The highest BCUT2D eigenvalue weighted by Crippen LogP contribution is 2.20. The molecule has 142 valence electrons. The van der Waals surface area contributed by atoms with Crippen molar-refractivity contribution in [2.45, 2.75) is 13.8 Å². The van der Waals surface area contributed by atoms with Crippen LogP contribution in [0.2, 0.25) is 0 Å². The summed E-state index contributed by atoms with van der Waals surface area (Å²) in [5, 5.41) is 6.67. The molecule has 0 aliphatic carbocycles. The minimum absolute atomic E-state index is 0.179. The SMILES string of the molecule is C=NC=N/C=C(\C)Oc1cc(C(=O)Nc2ccc(F)c(C)n2)c2ncnn2c1. The van der Waals surface area contributed by atoms with Gasteiger partial charge in [0.05, 0.1) is 23.7 Å². The lowest BCUT2D eigenvalue weighted by atomic mass is 10.2. The molecule has 3 rings (SSSR count). The van der Waals surface area contributed by atoms with Gasteiger partial charge in [-0.15, -0.1) is 0 Å². The normalized spacial score (nSPS) is 11.8. The van der Waals surface area contributed by atoms with Crippen LogP contribution in [0.25, 0.3) is 5.65 Å². The Hall–Kier alpha value is -3.95. The number of aliphatic imine (C=N–C) groups is 2. The van der Waals surface area contributed by atoms with Crippen molar-refractivity contribution in [1.82, 2.24) is 19.6 Å². The minimum Gasteiger partial charge on any atom is -0.459 e. The van der Waals surface area contributed by atoms with Crippen LogP contribution in [-0.2, 0) is 0 Å². The van der Waals surface area contributed by atoms with Crippen molar-refractivity contribution in [3.63, 3.8) is 0 Å². The summed E-state index contributed by atoms with van der Waals surface area (Å²) in [6.07, 6.45) is 5.61. The molecule has 0 unspecified atom stereocenters. The third kappa shape index (κ3) is 4.23. The van der Waals surface area contributed by atoms with Crippen molar-refractivity contribution < 1.29 is 13.9 Å². The minimum atomic E-state index is -0.488. The van der Waals surface area contributed by atoms with Crippen molar-refractivity contribution in [2.75, 3.05) is 5.32 Å². The number of hydrogen-bond acceptors (Lipinski definition) is 6. The number of nitrogens with zero attached hydrogens (tertiary/aromatic N) is 6. The highest BCUT2D eigenvalue weighted by atomic mass is 19.1. The van der Waals surface area contributed by atoms with E-state index in [0.717, 1.165) is 0 Å². The average molecular weight is 381 g/mol. The van der Waals surface area contributed by atoms with Gasteiger partial charge in [0.25, 0.3) is 5.91 Å². The number of carbonyl (C=O) groups is 1. The highest BCUT2D eigenvalue weighted by Gasteiger charge is 2.16. The molecule has 0 saturated carbocycles. The number of carbonyl (C=O) groups excluding carboxylic acids is 1. The molecule has 3 aromatic heterocycles. The van der Waals surface area contributed by atoms with E-state index in [1.165, 1.54) is 48.5 Å². The van der Waals surface area contributed by atoms with Gasteiger partial charge in [-0.3, -0.25) is 9.79 Å². The molecule has 1 amide bonds. The third-order valence-corrected chi connectivity index (χ3v) is 3.54. The maximum absolute atomic E-state index is 13.4. The van der Waals surface area contributed by atoms with E-state index in [0.29, 0.717) is 17.2 Å². The molecule has 3 aromatic rings. The predicted molar refractivity (Wildman–Crippen MR) is 102 cm³/mol. The Balaban J connectivity index is 1.91. The van der Waals surface area contributed by atoms with E-state index in [-0.39, 0.29) is 17.1 Å². The fourth-order valence-corrected chi connectivity index (χ4v) is 2.32. The first-order valence-electron chi connectivity index (χ1n) is 8.08. The molecule has 9 nitrogen and oxygen atoms in total. The molecule has 0 aliphatic heterocycles. The average Bonchev–Trinajstić information content (AvgIpc) is 3.12. The van der Waals surface area contributed by atoms with Gasteiger partial charge in [0.15, 0.2) is 5.65 Å². The van der Waals surface area contributed by atoms with Gasteiger partial charge in [0.2, 0.25) is 0 Å². The molecule has 1 N–H and O–H groups in total. The number of hydrogen-bond donors (Lipinski definition) is 1. The Morgan fingerprint density at radius 1 is 1.43 bits per heavy atom. The van der Waals surface area contributed by atoms with Gasteiger partial charge in [0.1, 0.15) is 35.8 Å². The summed E-state index contributed by atoms with van der Waals surface area (Å²) in [6, 6.07) is 4.12. The fraction of sp³-hybridized carbons (Fsp3) is 0.111. The second-order valence-corrected chi connectivity index (χ2v) is 5.62. The standard InChI is InChI=1S/C18H16FN7O2/c1-11(7-21-9-20-3)28-13-6-14(17-22-10-23-26(17)8-13)18(27)25-16-5-4-15(19)12(2)24-16/h4-10H,3H2,1-2H3,(H,24,25,27)/b11-7+,21-9?. The number of aryl methyl sites for hydroxylation is 1. The zero-order valence-corrected chi connectivity index (χ0v) is 15.1. The molecule has 0 radical (unpaired) electrons. The number of ether oxygens (including phenoxy) is 1. The van der Waals surface area contributed by atoms with Crippen molar-refractivity contribution in [3.05, 3.63) is 59.8 Å². The zero-order valence-electron chi connectivity index (χ0n) is 15.1. The topological polar surface area (TPSA) is 106 Å². The van der Waals surface area contributed by atoms with Gasteiger partial charge in [0, 0.05) is 0 Å². The van der Waals surface area contributed by atoms with E-state index in [2.05, 4.69) is 37.1 Å². The maximum Gasteiger partial charge on any atom is 0.260 e. The molecule has 28 heavy (non-hydrogen) atoms. The molecule has 3 heterocycles. The number of allylic oxidation sites excluding steroid dienone is 1. The first kappa shape index (κ1) is 18.8. The van der Waals surface area contributed by atoms with Crippen molar-refractivity contribution in [2.24, 2.45) is 9.98 Å². The van der Waals surface area contributed by atoms with Crippen LogP contribution in [0.3, 0.4) is 0 Å². The van der Waals surface area contributed by atoms with Crippen LogP contribution in [-0.4, -0.2) is 38.5 Å². The smallest absolute Gasteiger partial charge is 0.260 e. The molecule has 0 atom stereocenters. The molecule has 0 bridgehead atoms. The number of anilines is 1. The van der Waals surface area contributed by atoms with Gasteiger partial charge in [-0.25, -0.2) is 23.9 Å². The second kappa shape index (κ2) is 8.16. The van der Waals surface area contributed by atoms with E-state index < -0.39 is 11.7 Å². The third-order valence-electron chi connectivity index (χ3n) is 3.54. The molecule has 0 saturated heterocycles. The van der Waals surface area contributed by atoms with E-state index >= 15 is 0 Å². The fourth-order valence-electron chi connectivity index (χ4n) is 2.32. The number of halogens is 1. The zero-order chi connectivity index (χ0) is 20.1. The lowest BCUT2D eigenvalue weighted by Gasteiger charge is -2.10. The van der Waals surface area contributed by atoms with E-state index in [1.54, 1.807) is 13.1 Å². The van der Waals surface area contributed by atoms with Gasteiger partial charge in [-0.2, -0.15) is 5.10 Å². The van der Waals surface area contributed by atoms with E-state index in [4.69, 9.17) is 4.74 Å². The predicted octanol–water partition coefficient (Wildman–Crippen LogP) is 2.79. The molecule has 10 heteroatoms. The van der Waals surface area contributed by atoms with Crippen LogP contribution < -0.4 is 10.1 Å². The summed E-state index contributed by atoms with van der Waals surface area (Å²) in [6.45, 7) is 6.49. The Morgan fingerprint density at radius 3 is 3.00 bits per heavy atom. The summed E-state index contributed by atoms with van der Waals surface area (Å²) in [5.41, 5.74) is 0.722. The van der Waals surface area contributed by atoms with Crippen LogP contribution in [0, 0.1) is 12.7 Å². The number of fused-ring (bicyclic) bond motifs is 1. The lowest BCUT2D eigenvalue weighted by Crippen LogP contribution is -2.15. The molecule has 0 aliphatic rings. The first-order valence-corrected chi connectivity index (χ1v) is 8.08. The van der Waals surface area contributed by atoms with Gasteiger partial charge in [-0.05, 0) is 38.8 Å². The van der Waals surface area contributed by atoms with Crippen molar-refractivity contribution >= 4 is 30.4 Å². The van der Waals surface area contributed by atoms with Crippen LogP contribution in [0.1, 0.15) is 23.0 Å². The van der Waals surface area contributed by atoms with Gasteiger partial charge in [-0.1, -0.05) is 0 Å². The number of rotatable bonds is 6. The summed E-state index contributed by atoms with van der Waals surface area (Å²) >= 11 is 0. The van der Waals surface area contributed by atoms with Crippen LogP contribution in [0.15, 0.2) is 52.7 Å². The van der Waals surface area contributed by atoms with E-state index in [1.807, 2.05) is 0 Å². The Morgan fingerprint density at radius 2 is 2.25 bits per heavy atom. The number of pyridine rings is 2. The molecule has 0 spiro atoms. The largest absolute Gasteiger partial charge is 0.459 e. The second-order valence-electron chi connectivity index (χ2n) is 5.62. The number of nitrogens with one attached hydrogen (secondary N) is 1. The quantitative estimate of drug-likeness (QED) is 0.401. The number of amides is 1. The Bertz CT molecular complexity index is 1100. The van der Waals surface area contributed by atoms with Crippen LogP contribution in [0.4, 0.5) is 10.2 Å². The maximum atomic E-state index is 13.4. The van der Waals surface area contributed by atoms with Gasteiger partial charge >= 0.3 is 0 Å². The van der Waals surface area contributed by atoms with Crippen LogP contribution in [0.5, 0.6) is 5.75 Å². The number of aromatic nitrogens is 4. The molecular formula is C18H16FN7O2. The molecule has 0 fully saturated rings. The monoisotopic (exact) mass is 381 g/mol. The summed E-state index contributed by atoms with van der Waals surface area (Å²) in [5.74, 6) is 0.0842. The summed E-state index contributed by atoms with van der Waals surface area (Å²) < 4.78 is 20.5. The van der Waals surface area contributed by atoms with Crippen LogP contribution >= 0.6 is 0 Å². The summed E-state index contributed by atoms with van der Waals surface area (Å²) in [4.78, 5) is 28.2. The summed E-state index contributed by atoms with van der Waals surface area (Å²) in [7, 11) is 0. The van der Waals surface area contributed by atoms with Crippen molar-refractivity contribution in [3.8, 4) is 5.75 Å². The van der Waals surface area contributed by atoms with E-state index in [9.17, 15) is 9.18 Å². The molecule has 0 aromatic carbocycles. The van der Waals surface area contributed by atoms with Gasteiger partial charge < -0.3 is 10.1 Å². The first-order chi connectivity index (χ1) is 13.5. The highest BCUT2D eigenvalue weighted by molar-refractivity contribution is 6.08. The Labute approximate surface area is 159 Å².